The molecule has 0 fully saturated rings. The van der Waals surface area contributed by atoms with Crippen molar-refractivity contribution in [2.75, 3.05) is 6.54 Å². The highest BCUT2D eigenvalue weighted by Gasteiger charge is 2.08. The Balaban J connectivity index is 2.15. The molecule has 0 radical (unpaired) electrons. The normalized spacial score (nSPS) is 10.9. The summed E-state index contributed by atoms with van der Waals surface area (Å²) in [6.45, 7) is 3.47. The van der Waals surface area contributed by atoms with Gasteiger partial charge in [-0.3, -0.25) is 0 Å². The topological polar surface area (TPSA) is 12.0 Å². The van der Waals surface area contributed by atoms with Gasteiger partial charge in [0.05, 0.1) is 0 Å². The highest BCUT2D eigenvalue weighted by atomic mass is 32.2. The fourth-order valence-electron chi connectivity index (χ4n) is 1.88. The molecule has 0 aliphatic rings. The fourth-order valence-corrected chi connectivity index (χ4v) is 2.80. The molecule has 2 aromatic carbocycles. The molecule has 0 aliphatic heterocycles. The molecule has 1 N–H and O–H groups in total. The summed E-state index contributed by atoms with van der Waals surface area (Å²) in [5, 5.41) is 3.19. The Hall–Kier alpha value is -1.46. The lowest BCUT2D eigenvalue weighted by atomic mass is 10.2. The monoisotopic (exact) mass is 311 g/mol. The van der Waals surface area contributed by atoms with Crippen molar-refractivity contribution in [2.45, 2.75) is 29.7 Å². The SMILES string of the molecule is CCCNCc1cc(F)cc(Sc2ccc(F)cc2F)c1. The molecule has 21 heavy (non-hydrogen) atoms. The smallest absolute Gasteiger partial charge is 0.140 e. The first-order valence-electron chi connectivity index (χ1n) is 6.71. The van der Waals surface area contributed by atoms with Crippen LogP contribution in [0.1, 0.15) is 18.9 Å². The third-order valence-corrected chi connectivity index (χ3v) is 3.83. The van der Waals surface area contributed by atoms with Crippen molar-refractivity contribution < 1.29 is 13.2 Å². The van der Waals surface area contributed by atoms with Crippen LogP contribution in [0.2, 0.25) is 0 Å². The van der Waals surface area contributed by atoms with E-state index in [1.807, 2.05) is 0 Å². The van der Waals surface area contributed by atoms with Crippen LogP contribution in [0.3, 0.4) is 0 Å². The molecule has 0 atom stereocenters. The van der Waals surface area contributed by atoms with Crippen LogP contribution in [0, 0.1) is 17.5 Å². The van der Waals surface area contributed by atoms with Crippen LogP contribution in [0.5, 0.6) is 0 Å². The summed E-state index contributed by atoms with van der Waals surface area (Å²) in [6, 6.07) is 7.97. The maximum Gasteiger partial charge on any atom is 0.140 e. The van der Waals surface area contributed by atoms with Crippen LogP contribution in [0.4, 0.5) is 13.2 Å². The van der Waals surface area contributed by atoms with Gasteiger partial charge in [0.1, 0.15) is 17.5 Å². The van der Waals surface area contributed by atoms with Gasteiger partial charge >= 0.3 is 0 Å². The lowest BCUT2D eigenvalue weighted by molar-refractivity contribution is 0.565. The molecule has 0 saturated carbocycles. The van der Waals surface area contributed by atoms with Gasteiger partial charge in [-0.15, -0.1) is 0 Å². The molecule has 0 heterocycles. The van der Waals surface area contributed by atoms with Crippen LogP contribution in [-0.4, -0.2) is 6.54 Å². The molecule has 0 amide bonds. The maximum absolute atomic E-state index is 13.6. The molecule has 2 aromatic rings. The second-order valence-corrected chi connectivity index (χ2v) is 5.76. The summed E-state index contributed by atoms with van der Waals surface area (Å²) in [5.74, 6) is -1.63. The van der Waals surface area contributed by atoms with Gasteiger partial charge in [-0.2, -0.15) is 0 Å². The van der Waals surface area contributed by atoms with E-state index in [0.717, 1.165) is 36.4 Å². The minimum Gasteiger partial charge on any atom is -0.313 e. The van der Waals surface area contributed by atoms with E-state index in [2.05, 4.69) is 12.2 Å². The van der Waals surface area contributed by atoms with Crippen molar-refractivity contribution in [3.8, 4) is 0 Å². The largest absolute Gasteiger partial charge is 0.313 e. The fraction of sp³-hybridized carbons (Fsp3) is 0.250. The van der Waals surface area contributed by atoms with E-state index >= 15 is 0 Å². The molecule has 0 aliphatic carbocycles. The second kappa shape index (κ2) is 7.52. The average Bonchev–Trinajstić information content (AvgIpc) is 2.42. The minimum atomic E-state index is -0.644. The van der Waals surface area contributed by atoms with E-state index < -0.39 is 11.6 Å². The van der Waals surface area contributed by atoms with Crippen molar-refractivity contribution in [3.63, 3.8) is 0 Å². The zero-order valence-corrected chi connectivity index (χ0v) is 12.4. The predicted molar refractivity (Wildman–Crippen MR) is 78.9 cm³/mol. The standard InChI is InChI=1S/C16H16F3NS/c1-2-5-20-10-11-6-13(18)8-14(7-11)21-16-4-3-12(17)9-15(16)19/h3-4,6-9,20H,2,5,10H2,1H3. The zero-order chi connectivity index (χ0) is 15.2. The highest BCUT2D eigenvalue weighted by molar-refractivity contribution is 7.99. The maximum atomic E-state index is 13.6. The summed E-state index contributed by atoms with van der Waals surface area (Å²) in [5.41, 5.74) is 0.800. The third kappa shape index (κ3) is 4.79. The number of rotatable bonds is 6. The Bertz CT molecular complexity index is 616. The Morgan fingerprint density at radius 1 is 1.00 bits per heavy atom. The van der Waals surface area contributed by atoms with Gasteiger partial charge < -0.3 is 5.32 Å². The summed E-state index contributed by atoms with van der Waals surface area (Å²) >= 11 is 1.08. The number of halogens is 3. The van der Waals surface area contributed by atoms with Crippen molar-refractivity contribution in [3.05, 3.63) is 59.4 Å². The van der Waals surface area contributed by atoms with E-state index in [0.29, 0.717) is 11.4 Å². The molecule has 2 rings (SSSR count). The lowest BCUT2D eigenvalue weighted by Crippen LogP contribution is -2.13. The first-order chi connectivity index (χ1) is 10.1. The van der Waals surface area contributed by atoms with E-state index in [1.165, 1.54) is 24.3 Å². The van der Waals surface area contributed by atoms with Gasteiger partial charge in [0, 0.05) is 22.4 Å². The Kier molecular flexibility index (Phi) is 5.70. The summed E-state index contributed by atoms with van der Waals surface area (Å²) < 4.78 is 40.1. The van der Waals surface area contributed by atoms with Crippen LogP contribution in [-0.2, 0) is 6.54 Å². The zero-order valence-electron chi connectivity index (χ0n) is 11.6. The molecule has 0 spiro atoms. The average molecular weight is 311 g/mol. The summed E-state index contributed by atoms with van der Waals surface area (Å²) in [7, 11) is 0. The van der Waals surface area contributed by atoms with Gasteiger partial charge in [-0.1, -0.05) is 18.7 Å². The van der Waals surface area contributed by atoms with Gasteiger partial charge in [0.2, 0.25) is 0 Å². The summed E-state index contributed by atoms with van der Waals surface area (Å²) in [4.78, 5) is 0.864. The van der Waals surface area contributed by atoms with Crippen molar-refractivity contribution in [2.24, 2.45) is 0 Å². The van der Waals surface area contributed by atoms with Crippen molar-refractivity contribution >= 4 is 11.8 Å². The quantitative estimate of drug-likeness (QED) is 0.772. The van der Waals surface area contributed by atoms with Crippen molar-refractivity contribution in [1.29, 1.82) is 0 Å². The Labute approximate surface area is 126 Å². The number of benzene rings is 2. The van der Waals surface area contributed by atoms with Crippen LogP contribution >= 0.6 is 11.8 Å². The molecule has 1 nitrogen and oxygen atoms in total. The highest BCUT2D eigenvalue weighted by Crippen LogP contribution is 2.31. The Morgan fingerprint density at radius 3 is 2.52 bits per heavy atom. The van der Waals surface area contributed by atoms with E-state index in [-0.39, 0.29) is 10.7 Å². The first-order valence-corrected chi connectivity index (χ1v) is 7.53. The molecule has 0 bridgehead atoms. The Morgan fingerprint density at radius 2 is 1.81 bits per heavy atom. The summed E-state index contributed by atoms with van der Waals surface area (Å²) in [6.07, 6.45) is 0.998. The van der Waals surface area contributed by atoms with Gasteiger partial charge in [0.15, 0.2) is 0 Å². The lowest BCUT2D eigenvalue weighted by Gasteiger charge is -2.08. The molecular formula is C16H16F3NS. The van der Waals surface area contributed by atoms with Crippen LogP contribution < -0.4 is 5.32 Å². The molecule has 0 aromatic heterocycles. The van der Waals surface area contributed by atoms with E-state index in [4.69, 9.17) is 0 Å². The third-order valence-electron chi connectivity index (χ3n) is 2.81. The first kappa shape index (κ1) is 15.9. The van der Waals surface area contributed by atoms with E-state index in [9.17, 15) is 13.2 Å². The van der Waals surface area contributed by atoms with Crippen LogP contribution in [0.15, 0.2) is 46.2 Å². The number of hydrogen-bond donors (Lipinski definition) is 1. The number of hydrogen-bond acceptors (Lipinski definition) is 2. The van der Waals surface area contributed by atoms with Gasteiger partial charge in [-0.25, -0.2) is 13.2 Å². The molecule has 5 heteroatoms. The van der Waals surface area contributed by atoms with E-state index in [1.54, 1.807) is 6.07 Å². The van der Waals surface area contributed by atoms with Gasteiger partial charge in [0.25, 0.3) is 0 Å². The van der Waals surface area contributed by atoms with Crippen LogP contribution in [0.25, 0.3) is 0 Å². The predicted octanol–water partition coefficient (Wildman–Crippen LogP) is 4.75. The number of nitrogens with one attached hydrogen (secondary N) is 1. The second-order valence-electron chi connectivity index (χ2n) is 4.65. The molecule has 112 valence electrons. The van der Waals surface area contributed by atoms with Gasteiger partial charge in [-0.05, 0) is 48.9 Å². The minimum absolute atomic E-state index is 0.273. The van der Waals surface area contributed by atoms with Crippen molar-refractivity contribution in [1.82, 2.24) is 5.32 Å². The molecular weight excluding hydrogens is 295 g/mol. The molecule has 0 unspecified atom stereocenters. The molecule has 0 saturated heterocycles.